The molecule has 2 nitrogen and oxygen atoms in total. The molecule has 1 N–H and O–H groups in total. The van der Waals surface area contributed by atoms with Gasteiger partial charge in [-0.2, -0.15) is 0 Å². The Morgan fingerprint density at radius 3 is 2.75 bits per heavy atom. The molecule has 0 amide bonds. The van der Waals surface area contributed by atoms with Gasteiger partial charge in [-0.15, -0.1) is 11.3 Å². The van der Waals surface area contributed by atoms with E-state index in [1.165, 1.54) is 0 Å². The molecule has 0 aliphatic heterocycles. The Morgan fingerprint density at radius 1 is 1.67 bits per heavy atom. The van der Waals surface area contributed by atoms with Gasteiger partial charge in [-0.25, -0.2) is 4.98 Å². The number of aliphatic hydroxyl groups is 1. The first kappa shape index (κ1) is 9.68. The summed E-state index contributed by atoms with van der Waals surface area (Å²) >= 11 is 1.59. The number of aliphatic hydroxyl groups excluding tert-OH is 1. The molecular formula is C9H15NOS. The average molecular weight is 185 g/mol. The van der Waals surface area contributed by atoms with Crippen molar-refractivity contribution in [2.45, 2.75) is 33.3 Å². The number of nitrogens with zero attached hydrogens (tertiary/aromatic N) is 1. The Bertz CT molecular complexity index is 246. The molecule has 1 rings (SSSR count). The molecule has 2 unspecified atom stereocenters. The van der Waals surface area contributed by atoms with Crippen LogP contribution in [0, 0.1) is 12.8 Å². The van der Waals surface area contributed by atoms with Crippen LogP contribution in [0.3, 0.4) is 0 Å². The van der Waals surface area contributed by atoms with E-state index >= 15 is 0 Å². The minimum atomic E-state index is -0.389. The Morgan fingerprint density at radius 2 is 2.33 bits per heavy atom. The van der Waals surface area contributed by atoms with Crippen LogP contribution in [-0.4, -0.2) is 10.1 Å². The maximum Gasteiger partial charge on any atom is 0.0993 e. The molecule has 0 radical (unpaired) electrons. The molecule has 2 atom stereocenters. The zero-order valence-corrected chi connectivity index (χ0v) is 8.56. The second-order valence-corrected chi connectivity index (χ2v) is 4.18. The Hall–Kier alpha value is -0.410. The molecule has 1 aromatic heterocycles. The zero-order chi connectivity index (χ0) is 9.14. The Balaban J connectivity index is 2.70. The third-order valence-corrected chi connectivity index (χ3v) is 2.91. The molecule has 0 bridgehead atoms. The smallest absolute Gasteiger partial charge is 0.0993 e. The summed E-state index contributed by atoms with van der Waals surface area (Å²) in [6.45, 7) is 6.07. The van der Waals surface area contributed by atoms with E-state index in [0.29, 0.717) is 5.92 Å². The fourth-order valence-electron chi connectivity index (χ4n) is 1.03. The highest BCUT2D eigenvalue weighted by Gasteiger charge is 2.16. The van der Waals surface area contributed by atoms with Gasteiger partial charge in [-0.3, -0.25) is 0 Å². The minimum absolute atomic E-state index is 0.298. The first-order chi connectivity index (χ1) is 5.65. The van der Waals surface area contributed by atoms with E-state index < -0.39 is 0 Å². The third kappa shape index (κ3) is 2.05. The SMILES string of the molecule is CCC(C)C(O)c1csc(C)n1. The number of rotatable bonds is 3. The van der Waals surface area contributed by atoms with Crippen molar-refractivity contribution in [1.82, 2.24) is 4.98 Å². The van der Waals surface area contributed by atoms with Crippen LogP contribution in [0.15, 0.2) is 5.38 Å². The number of thiazole rings is 1. The lowest BCUT2D eigenvalue weighted by molar-refractivity contribution is 0.112. The van der Waals surface area contributed by atoms with Crippen LogP contribution in [0.5, 0.6) is 0 Å². The van der Waals surface area contributed by atoms with Gasteiger partial charge in [0.2, 0.25) is 0 Å². The van der Waals surface area contributed by atoms with Crippen LogP contribution in [0.2, 0.25) is 0 Å². The van der Waals surface area contributed by atoms with E-state index in [4.69, 9.17) is 0 Å². The summed E-state index contributed by atoms with van der Waals surface area (Å²) in [5.41, 5.74) is 0.826. The molecule has 1 aromatic rings. The number of aryl methyl sites for hydroxylation is 1. The van der Waals surface area contributed by atoms with Gasteiger partial charge in [-0.05, 0) is 12.8 Å². The van der Waals surface area contributed by atoms with Crippen molar-refractivity contribution >= 4 is 11.3 Å². The fraction of sp³-hybridized carbons (Fsp3) is 0.667. The van der Waals surface area contributed by atoms with Crippen LogP contribution in [0.25, 0.3) is 0 Å². The predicted octanol–water partition coefficient (Wildman–Crippen LogP) is 2.53. The molecule has 0 fully saturated rings. The minimum Gasteiger partial charge on any atom is -0.386 e. The van der Waals surface area contributed by atoms with E-state index in [0.717, 1.165) is 17.1 Å². The predicted molar refractivity (Wildman–Crippen MR) is 51.3 cm³/mol. The summed E-state index contributed by atoms with van der Waals surface area (Å²) in [4.78, 5) is 4.25. The summed E-state index contributed by atoms with van der Waals surface area (Å²) in [6.07, 6.45) is 0.595. The lowest BCUT2D eigenvalue weighted by Crippen LogP contribution is -2.08. The summed E-state index contributed by atoms with van der Waals surface area (Å²) in [6, 6.07) is 0. The van der Waals surface area contributed by atoms with Crippen LogP contribution in [0.4, 0.5) is 0 Å². The molecule has 0 saturated heterocycles. The van der Waals surface area contributed by atoms with Crippen molar-refractivity contribution in [1.29, 1.82) is 0 Å². The number of aromatic nitrogens is 1. The van der Waals surface area contributed by atoms with Crippen LogP contribution >= 0.6 is 11.3 Å². The fourth-order valence-corrected chi connectivity index (χ4v) is 1.67. The molecule has 1 heterocycles. The molecule has 12 heavy (non-hydrogen) atoms. The van der Waals surface area contributed by atoms with Crippen LogP contribution in [0.1, 0.15) is 37.1 Å². The third-order valence-electron chi connectivity index (χ3n) is 2.12. The van der Waals surface area contributed by atoms with Gasteiger partial charge in [0.25, 0.3) is 0 Å². The van der Waals surface area contributed by atoms with Crippen molar-refractivity contribution in [3.05, 3.63) is 16.1 Å². The quantitative estimate of drug-likeness (QED) is 0.785. The highest BCUT2D eigenvalue weighted by Crippen LogP contribution is 2.24. The van der Waals surface area contributed by atoms with Gasteiger partial charge in [0.1, 0.15) is 0 Å². The normalized spacial score (nSPS) is 16.0. The van der Waals surface area contributed by atoms with Crippen LogP contribution < -0.4 is 0 Å². The maximum absolute atomic E-state index is 9.75. The van der Waals surface area contributed by atoms with Crippen LogP contribution in [-0.2, 0) is 0 Å². The number of hydrogen-bond acceptors (Lipinski definition) is 3. The van der Waals surface area contributed by atoms with Crippen molar-refractivity contribution in [3.8, 4) is 0 Å². The molecular weight excluding hydrogens is 170 g/mol. The Kier molecular flexibility index (Phi) is 3.23. The first-order valence-electron chi connectivity index (χ1n) is 4.25. The van der Waals surface area contributed by atoms with Gasteiger partial charge in [-0.1, -0.05) is 20.3 Å². The molecule has 0 aliphatic rings. The molecule has 0 saturated carbocycles. The van der Waals surface area contributed by atoms with E-state index in [1.54, 1.807) is 11.3 Å². The molecule has 0 spiro atoms. The summed E-state index contributed by atoms with van der Waals surface area (Å²) in [7, 11) is 0. The molecule has 0 aliphatic carbocycles. The number of hydrogen-bond donors (Lipinski definition) is 1. The largest absolute Gasteiger partial charge is 0.386 e. The monoisotopic (exact) mass is 185 g/mol. The zero-order valence-electron chi connectivity index (χ0n) is 7.74. The van der Waals surface area contributed by atoms with Gasteiger partial charge in [0.05, 0.1) is 16.8 Å². The van der Waals surface area contributed by atoms with Crippen molar-refractivity contribution < 1.29 is 5.11 Å². The van der Waals surface area contributed by atoms with E-state index in [1.807, 2.05) is 19.2 Å². The second kappa shape index (κ2) is 4.01. The van der Waals surface area contributed by atoms with Gasteiger partial charge < -0.3 is 5.11 Å². The lowest BCUT2D eigenvalue weighted by atomic mass is 10.0. The lowest BCUT2D eigenvalue weighted by Gasteiger charge is -2.14. The highest BCUT2D eigenvalue weighted by atomic mass is 32.1. The Labute approximate surface area is 77.3 Å². The standard InChI is InChI=1S/C9H15NOS/c1-4-6(2)9(11)8-5-12-7(3)10-8/h5-6,9,11H,4H2,1-3H3. The van der Waals surface area contributed by atoms with E-state index in [2.05, 4.69) is 11.9 Å². The summed E-state index contributed by atoms with van der Waals surface area (Å²) < 4.78 is 0. The van der Waals surface area contributed by atoms with Gasteiger partial charge in [0, 0.05) is 5.38 Å². The summed E-state index contributed by atoms with van der Waals surface area (Å²) in [5.74, 6) is 0.298. The molecule has 3 heteroatoms. The topological polar surface area (TPSA) is 33.1 Å². The van der Waals surface area contributed by atoms with E-state index in [-0.39, 0.29) is 6.10 Å². The van der Waals surface area contributed by atoms with Gasteiger partial charge >= 0.3 is 0 Å². The van der Waals surface area contributed by atoms with Crippen molar-refractivity contribution in [2.75, 3.05) is 0 Å². The van der Waals surface area contributed by atoms with Gasteiger partial charge in [0.15, 0.2) is 0 Å². The molecule has 68 valence electrons. The summed E-state index contributed by atoms with van der Waals surface area (Å²) in [5, 5.41) is 12.7. The first-order valence-corrected chi connectivity index (χ1v) is 5.13. The molecule has 0 aromatic carbocycles. The average Bonchev–Trinajstić information content (AvgIpc) is 2.49. The highest BCUT2D eigenvalue weighted by molar-refractivity contribution is 7.09. The maximum atomic E-state index is 9.75. The van der Waals surface area contributed by atoms with E-state index in [9.17, 15) is 5.11 Å². The van der Waals surface area contributed by atoms with Crippen molar-refractivity contribution in [3.63, 3.8) is 0 Å². The van der Waals surface area contributed by atoms with Crippen molar-refractivity contribution in [2.24, 2.45) is 5.92 Å². The second-order valence-electron chi connectivity index (χ2n) is 3.12.